The summed E-state index contributed by atoms with van der Waals surface area (Å²) in [5.74, 6) is 0.476. The Kier molecular flexibility index (Phi) is 6.22. The van der Waals surface area contributed by atoms with Gasteiger partial charge in [-0.1, -0.05) is 56.6 Å². The highest BCUT2D eigenvalue weighted by molar-refractivity contribution is 5.87. The average Bonchev–Trinajstić information content (AvgIpc) is 3.03. The summed E-state index contributed by atoms with van der Waals surface area (Å²) in [6, 6.07) is 0. The molecule has 0 aromatic carbocycles. The highest BCUT2D eigenvalue weighted by atomic mass is 16.2. The molecular formula is C21H32N2O. The first-order valence-corrected chi connectivity index (χ1v) is 9.24. The fraction of sp³-hybridized carbons (Fsp3) is 0.571. The highest BCUT2D eigenvalue weighted by Crippen LogP contribution is 2.56. The molecule has 4 unspecified atom stereocenters. The van der Waals surface area contributed by atoms with Gasteiger partial charge in [0.05, 0.1) is 5.92 Å². The van der Waals surface area contributed by atoms with Gasteiger partial charge in [-0.15, -0.1) is 13.2 Å². The zero-order chi connectivity index (χ0) is 17.9. The van der Waals surface area contributed by atoms with Crippen molar-refractivity contribution in [2.45, 2.75) is 39.5 Å². The van der Waals surface area contributed by atoms with E-state index < -0.39 is 0 Å². The Bertz CT molecular complexity index is 516. The van der Waals surface area contributed by atoms with E-state index in [1.165, 1.54) is 11.1 Å². The second-order valence-corrected chi connectivity index (χ2v) is 6.90. The van der Waals surface area contributed by atoms with Gasteiger partial charge in [-0.25, -0.2) is 0 Å². The van der Waals surface area contributed by atoms with Gasteiger partial charge in [-0.3, -0.25) is 4.79 Å². The van der Waals surface area contributed by atoms with Gasteiger partial charge in [0, 0.05) is 36.5 Å². The third kappa shape index (κ3) is 2.90. The van der Waals surface area contributed by atoms with E-state index in [4.69, 9.17) is 5.73 Å². The number of nitrogens with two attached hydrogens (primary N) is 1. The molecule has 0 aromatic heterocycles. The van der Waals surface area contributed by atoms with Gasteiger partial charge in [0.2, 0.25) is 5.91 Å². The number of allylic oxidation sites excluding steroid dienone is 5. The van der Waals surface area contributed by atoms with Crippen LogP contribution in [0.2, 0.25) is 0 Å². The van der Waals surface area contributed by atoms with Crippen molar-refractivity contribution < 1.29 is 4.79 Å². The van der Waals surface area contributed by atoms with Gasteiger partial charge in [0.1, 0.15) is 0 Å². The second kappa shape index (κ2) is 7.98. The van der Waals surface area contributed by atoms with Crippen molar-refractivity contribution >= 4 is 5.91 Å². The molecule has 3 nitrogen and oxygen atoms in total. The zero-order valence-electron chi connectivity index (χ0n) is 15.3. The molecule has 1 heterocycles. The van der Waals surface area contributed by atoms with Gasteiger partial charge in [-0.2, -0.15) is 0 Å². The summed E-state index contributed by atoms with van der Waals surface area (Å²) < 4.78 is 0. The van der Waals surface area contributed by atoms with E-state index in [0.29, 0.717) is 13.1 Å². The van der Waals surface area contributed by atoms with Crippen LogP contribution in [0.1, 0.15) is 39.5 Å². The highest BCUT2D eigenvalue weighted by Gasteiger charge is 2.56. The predicted molar refractivity (Wildman–Crippen MR) is 101 cm³/mol. The summed E-state index contributed by atoms with van der Waals surface area (Å²) in [5.41, 5.74) is 9.48. The molecule has 132 valence electrons. The maximum absolute atomic E-state index is 13.0. The Morgan fingerprint density at radius 2 is 1.67 bits per heavy atom. The first-order valence-electron chi connectivity index (χ1n) is 9.24. The molecule has 1 aliphatic carbocycles. The molecule has 0 radical (unpaired) electrons. The monoisotopic (exact) mass is 328 g/mol. The molecule has 3 heteroatoms. The number of nitrogens with zero attached hydrogens (tertiary/aromatic N) is 1. The van der Waals surface area contributed by atoms with Crippen LogP contribution in [-0.4, -0.2) is 23.9 Å². The molecule has 1 saturated heterocycles. The quantitative estimate of drug-likeness (QED) is 0.683. The Balaban J connectivity index is 2.53. The van der Waals surface area contributed by atoms with Gasteiger partial charge >= 0.3 is 0 Å². The number of carbonyl (C=O) groups is 1. The van der Waals surface area contributed by atoms with Crippen molar-refractivity contribution in [3.8, 4) is 0 Å². The van der Waals surface area contributed by atoms with Crippen LogP contribution in [-0.2, 0) is 4.79 Å². The van der Waals surface area contributed by atoms with E-state index in [1.807, 2.05) is 12.2 Å². The zero-order valence-corrected chi connectivity index (χ0v) is 15.3. The van der Waals surface area contributed by atoms with Crippen LogP contribution < -0.4 is 5.73 Å². The summed E-state index contributed by atoms with van der Waals surface area (Å²) in [6.45, 7) is 17.8. The van der Waals surface area contributed by atoms with Gasteiger partial charge in [-0.05, 0) is 12.8 Å². The number of rotatable bonds is 8. The normalized spacial score (nSPS) is 29.1. The molecule has 2 aliphatic rings. The topological polar surface area (TPSA) is 46.3 Å². The fourth-order valence-corrected chi connectivity index (χ4v) is 4.70. The first-order chi connectivity index (χ1) is 11.6. The molecule has 0 bridgehead atoms. The summed E-state index contributed by atoms with van der Waals surface area (Å²) >= 11 is 0. The molecule has 2 rings (SSSR count). The minimum Gasteiger partial charge on any atom is -0.329 e. The summed E-state index contributed by atoms with van der Waals surface area (Å²) in [4.78, 5) is 14.8. The van der Waals surface area contributed by atoms with E-state index in [9.17, 15) is 4.79 Å². The van der Waals surface area contributed by atoms with Gasteiger partial charge in [0.25, 0.3) is 0 Å². The van der Waals surface area contributed by atoms with Crippen molar-refractivity contribution in [2.24, 2.45) is 29.4 Å². The fourth-order valence-electron chi connectivity index (χ4n) is 4.70. The summed E-state index contributed by atoms with van der Waals surface area (Å²) in [6.07, 6.45) is 8.41. The van der Waals surface area contributed by atoms with Crippen LogP contribution in [0.25, 0.3) is 0 Å². The molecule has 2 fully saturated rings. The molecule has 0 spiro atoms. The molecule has 2 N–H and O–H groups in total. The van der Waals surface area contributed by atoms with Gasteiger partial charge < -0.3 is 10.6 Å². The Morgan fingerprint density at radius 3 is 2.12 bits per heavy atom. The molecule has 0 aromatic rings. The molecule has 1 amide bonds. The Labute approximate surface area is 147 Å². The third-order valence-corrected chi connectivity index (χ3v) is 5.53. The standard InChI is InChI=1S/C21H32N2O/c1-6-10-15(11-7-2)19-16(8-3)18-14(5)23(13-12-22)21(24)20(18)17(19)9-4/h8-9,16-18,20H,3-7,10-13,22H2,1-2H3. The van der Waals surface area contributed by atoms with Crippen LogP contribution in [0.15, 0.2) is 48.7 Å². The van der Waals surface area contributed by atoms with E-state index in [2.05, 4.69) is 33.6 Å². The van der Waals surface area contributed by atoms with Crippen LogP contribution >= 0.6 is 0 Å². The minimum atomic E-state index is -0.0803. The molecule has 1 aliphatic heterocycles. The van der Waals surface area contributed by atoms with Crippen molar-refractivity contribution in [1.82, 2.24) is 4.90 Å². The molecular weight excluding hydrogens is 296 g/mol. The second-order valence-electron chi connectivity index (χ2n) is 6.90. The van der Waals surface area contributed by atoms with Crippen molar-refractivity contribution in [1.29, 1.82) is 0 Å². The predicted octanol–water partition coefficient (Wildman–Crippen LogP) is 4.05. The van der Waals surface area contributed by atoms with E-state index >= 15 is 0 Å². The lowest BCUT2D eigenvalue weighted by molar-refractivity contribution is -0.130. The average molecular weight is 329 g/mol. The maximum atomic E-state index is 13.0. The van der Waals surface area contributed by atoms with Crippen LogP contribution in [0.4, 0.5) is 0 Å². The van der Waals surface area contributed by atoms with E-state index in [0.717, 1.165) is 31.4 Å². The van der Waals surface area contributed by atoms with E-state index in [-0.39, 0.29) is 29.6 Å². The lowest BCUT2D eigenvalue weighted by Gasteiger charge is -2.26. The lowest BCUT2D eigenvalue weighted by atomic mass is 9.85. The van der Waals surface area contributed by atoms with Crippen molar-refractivity contribution in [3.05, 3.63) is 48.7 Å². The SMILES string of the molecule is C=CC1C(=C(CCC)CCC)C(C=C)C2C(=O)N(CCN)C(=C)C12. The van der Waals surface area contributed by atoms with Gasteiger partial charge in [0.15, 0.2) is 0 Å². The smallest absolute Gasteiger partial charge is 0.231 e. The van der Waals surface area contributed by atoms with E-state index in [1.54, 1.807) is 4.90 Å². The largest absolute Gasteiger partial charge is 0.329 e. The number of hydrogen-bond donors (Lipinski definition) is 1. The maximum Gasteiger partial charge on any atom is 0.231 e. The van der Waals surface area contributed by atoms with Crippen LogP contribution in [0.3, 0.4) is 0 Å². The molecule has 24 heavy (non-hydrogen) atoms. The third-order valence-electron chi connectivity index (χ3n) is 5.53. The van der Waals surface area contributed by atoms with Crippen molar-refractivity contribution in [3.63, 3.8) is 0 Å². The Morgan fingerprint density at radius 1 is 1.12 bits per heavy atom. The first kappa shape index (κ1) is 18.7. The number of carbonyl (C=O) groups excluding carboxylic acids is 1. The number of amides is 1. The summed E-state index contributed by atoms with van der Waals surface area (Å²) in [7, 11) is 0. The minimum absolute atomic E-state index is 0.0803. The molecule has 1 saturated carbocycles. The van der Waals surface area contributed by atoms with Crippen LogP contribution in [0, 0.1) is 23.7 Å². The van der Waals surface area contributed by atoms with Crippen molar-refractivity contribution in [2.75, 3.05) is 13.1 Å². The number of likely N-dealkylation sites (tertiary alicyclic amines) is 1. The Hall–Kier alpha value is -1.61. The summed E-state index contributed by atoms with van der Waals surface area (Å²) in [5, 5.41) is 0. The number of hydrogen-bond acceptors (Lipinski definition) is 2. The lowest BCUT2D eigenvalue weighted by Crippen LogP contribution is -2.33. The number of fused-ring (bicyclic) bond motifs is 1. The van der Waals surface area contributed by atoms with Crippen LogP contribution in [0.5, 0.6) is 0 Å². The molecule has 4 atom stereocenters.